The molecule has 3 nitrogen and oxygen atoms in total. The van der Waals surface area contributed by atoms with Gasteiger partial charge in [0.15, 0.2) is 0 Å². The Morgan fingerprint density at radius 3 is 2.22 bits per heavy atom. The summed E-state index contributed by atoms with van der Waals surface area (Å²) in [5, 5.41) is 3.96. The Labute approximate surface area is 112 Å². The quantitative estimate of drug-likeness (QED) is 0.313. The van der Waals surface area contributed by atoms with Crippen molar-refractivity contribution >= 4 is 12.1 Å². The minimum atomic E-state index is 0.0521. The van der Waals surface area contributed by atoms with E-state index < -0.39 is 0 Å². The summed E-state index contributed by atoms with van der Waals surface area (Å²) in [7, 11) is 0. The number of nitrogens with zero attached hydrogens (tertiary/aromatic N) is 1. The van der Waals surface area contributed by atoms with Crippen molar-refractivity contribution in [3.8, 4) is 0 Å². The van der Waals surface area contributed by atoms with Crippen LogP contribution in [0.25, 0.3) is 0 Å². The molecule has 0 aromatic heterocycles. The molecule has 0 fully saturated rings. The Morgan fingerprint density at radius 2 is 1.56 bits per heavy atom. The smallest absolute Gasteiger partial charge is 0.240 e. The van der Waals surface area contributed by atoms with E-state index in [0.717, 1.165) is 19.3 Å². The van der Waals surface area contributed by atoms with Gasteiger partial charge >= 0.3 is 0 Å². The first-order valence-electron chi connectivity index (χ1n) is 7.61. The standard InChI is InChI=1S/C15H30N2O/c1-3-5-7-9-11-13-15(18)17-16-14-12-10-8-6-4-2/h14H,3-13H2,1-2H3,(H,17,18). The molecule has 0 bridgehead atoms. The van der Waals surface area contributed by atoms with E-state index in [0.29, 0.717) is 6.42 Å². The van der Waals surface area contributed by atoms with Gasteiger partial charge in [-0.15, -0.1) is 0 Å². The minimum Gasteiger partial charge on any atom is -0.273 e. The zero-order chi connectivity index (χ0) is 13.5. The summed E-state index contributed by atoms with van der Waals surface area (Å²) in [5.74, 6) is 0.0521. The van der Waals surface area contributed by atoms with Crippen molar-refractivity contribution in [3.63, 3.8) is 0 Å². The van der Waals surface area contributed by atoms with Crippen molar-refractivity contribution in [2.75, 3.05) is 0 Å². The topological polar surface area (TPSA) is 41.5 Å². The van der Waals surface area contributed by atoms with Crippen LogP contribution >= 0.6 is 0 Å². The second kappa shape index (κ2) is 14.2. The molecule has 106 valence electrons. The van der Waals surface area contributed by atoms with E-state index in [4.69, 9.17) is 0 Å². The highest BCUT2D eigenvalue weighted by molar-refractivity contribution is 5.76. The number of nitrogens with one attached hydrogen (secondary N) is 1. The number of hydrogen-bond donors (Lipinski definition) is 1. The molecule has 0 saturated heterocycles. The molecule has 3 heteroatoms. The van der Waals surface area contributed by atoms with Crippen LogP contribution in [-0.4, -0.2) is 12.1 Å². The fourth-order valence-corrected chi connectivity index (χ4v) is 1.79. The molecule has 0 atom stereocenters. The molecule has 0 spiro atoms. The SMILES string of the molecule is CCCCCCC=NNC(=O)CCCCCCC. The molecule has 0 radical (unpaired) electrons. The Balaban J connectivity index is 3.27. The van der Waals surface area contributed by atoms with Crippen molar-refractivity contribution in [3.05, 3.63) is 0 Å². The summed E-state index contributed by atoms with van der Waals surface area (Å²) in [6, 6.07) is 0. The molecule has 0 aliphatic rings. The summed E-state index contributed by atoms with van der Waals surface area (Å²) >= 11 is 0. The Kier molecular flexibility index (Phi) is 13.5. The number of hydrogen-bond acceptors (Lipinski definition) is 2. The van der Waals surface area contributed by atoms with Gasteiger partial charge in [-0.3, -0.25) is 4.79 Å². The van der Waals surface area contributed by atoms with E-state index in [9.17, 15) is 4.79 Å². The molecule has 1 N–H and O–H groups in total. The highest BCUT2D eigenvalue weighted by atomic mass is 16.2. The summed E-state index contributed by atoms with van der Waals surface area (Å²) < 4.78 is 0. The third-order valence-electron chi connectivity index (χ3n) is 2.97. The van der Waals surface area contributed by atoms with E-state index in [1.165, 1.54) is 44.9 Å². The molecule has 0 saturated carbocycles. The number of unbranched alkanes of at least 4 members (excludes halogenated alkanes) is 8. The first-order chi connectivity index (χ1) is 8.81. The Morgan fingerprint density at radius 1 is 0.944 bits per heavy atom. The summed E-state index contributed by atoms with van der Waals surface area (Å²) in [4.78, 5) is 11.4. The average molecular weight is 254 g/mol. The van der Waals surface area contributed by atoms with Crippen LogP contribution < -0.4 is 5.43 Å². The third-order valence-corrected chi connectivity index (χ3v) is 2.97. The first-order valence-corrected chi connectivity index (χ1v) is 7.61. The molecular weight excluding hydrogens is 224 g/mol. The van der Waals surface area contributed by atoms with Crippen LogP contribution in [-0.2, 0) is 4.79 Å². The molecule has 0 unspecified atom stereocenters. The van der Waals surface area contributed by atoms with Gasteiger partial charge in [0.2, 0.25) is 5.91 Å². The van der Waals surface area contributed by atoms with Gasteiger partial charge in [-0.1, -0.05) is 58.8 Å². The molecule has 0 aliphatic carbocycles. The number of amides is 1. The molecule has 0 rings (SSSR count). The lowest BCUT2D eigenvalue weighted by atomic mass is 10.1. The zero-order valence-electron chi connectivity index (χ0n) is 12.2. The highest BCUT2D eigenvalue weighted by Gasteiger charge is 1.98. The van der Waals surface area contributed by atoms with Gasteiger partial charge in [0.1, 0.15) is 0 Å². The molecule has 0 heterocycles. The molecule has 0 aromatic carbocycles. The fraction of sp³-hybridized carbons (Fsp3) is 0.867. The van der Waals surface area contributed by atoms with Crippen LogP contribution in [0.3, 0.4) is 0 Å². The van der Waals surface area contributed by atoms with Crippen LogP contribution in [0.15, 0.2) is 5.10 Å². The second-order valence-electron chi connectivity index (χ2n) is 4.86. The predicted molar refractivity (Wildman–Crippen MR) is 78.8 cm³/mol. The van der Waals surface area contributed by atoms with E-state index in [-0.39, 0.29) is 5.91 Å². The lowest BCUT2D eigenvalue weighted by Crippen LogP contribution is -2.16. The fourth-order valence-electron chi connectivity index (χ4n) is 1.79. The van der Waals surface area contributed by atoms with Crippen molar-refractivity contribution in [2.24, 2.45) is 5.10 Å². The molecule has 0 aliphatic heterocycles. The molecule has 18 heavy (non-hydrogen) atoms. The van der Waals surface area contributed by atoms with Gasteiger partial charge in [-0.2, -0.15) is 5.10 Å². The Hall–Kier alpha value is -0.860. The number of carbonyl (C=O) groups is 1. The Bertz CT molecular complexity index is 215. The highest BCUT2D eigenvalue weighted by Crippen LogP contribution is 2.04. The van der Waals surface area contributed by atoms with E-state index in [1.807, 2.05) is 6.21 Å². The van der Waals surface area contributed by atoms with Gasteiger partial charge in [-0.25, -0.2) is 5.43 Å². The lowest BCUT2D eigenvalue weighted by Gasteiger charge is -2.00. The van der Waals surface area contributed by atoms with Gasteiger partial charge in [0.25, 0.3) is 0 Å². The van der Waals surface area contributed by atoms with Crippen LogP contribution in [0.4, 0.5) is 0 Å². The van der Waals surface area contributed by atoms with Crippen molar-refractivity contribution in [1.29, 1.82) is 0 Å². The summed E-state index contributed by atoms with van der Waals surface area (Å²) in [6.45, 7) is 4.40. The molecule has 1 amide bonds. The van der Waals surface area contributed by atoms with Crippen LogP contribution in [0.2, 0.25) is 0 Å². The van der Waals surface area contributed by atoms with Gasteiger partial charge in [0, 0.05) is 12.6 Å². The summed E-state index contributed by atoms with van der Waals surface area (Å²) in [6.07, 6.45) is 14.3. The van der Waals surface area contributed by atoms with Crippen LogP contribution in [0.1, 0.15) is 84.5 Å². The molecule has 0 aromatic rings. The maximum atomic E-state index is 11.4. The monoisotopic (exact) mass is 254 g/mol. The van der Waals surface area contributed by atoms with E-state index >= 15 is 0 Å². The van der Waals surface area contributed by atoms with Crippen molar-refractivity contribution < 1.29 is 4.79 Å². The number of hydrazone groups is 1. The predicted octanol–water partition coefficient (Wildman–Crippen LogP) is 4.42. The van der Waals surface area contributed by atoms with E-state index in [1.54, 1.807) is 0 Å². The first kappa shape index (κ1) is 17.1. The maximum Gasteiger partial charge on any atom is 0.240 e. The van der Waals surface area contributed by atoms with Gasteiger partial charge < -0.3 is 0 Å². The van der Waals surface area contributed by atoms with Crippen molar-refractivity contribution in [2.45, 2.75) is 84.5 Å². The number of carbonyl (C=O) groups excluding carboxylic acids is 1. The molecular formula is C15H30N2O. The largest absolute Gasteiger partial charge is 0.273 e. The minimum absolute atomic E-state index is 0.0521. The zero-order valence-corrected chi connectivity index (χ0v) is 12.2. The third kappa shape index (κ3) is 13.2. The van der Waals surface area contributed by atoms with Gasteiger partial charge in [0.05, 0.1) is 0 Å². The van der Waals surface area contributed by atoms with Crippen LogP contribution in [0, 0.1) is 0 Å². The van der Waals surface area contributed by atoms with E-state index in [2.05, 4.69) is 24.4 Å². The maximum absolute atomic E-state index is 11.4. The lowest BCUT2D eigenvalue weighted by molar-refractivity contribution is -0.121. The summed E-state index contributed by atoms with van der Waals surface area (Å²) in [5.41, 5.74) is 2.59. The second-order valence-corrected chi connectivity index (χ2v) is 4.86. The number of rotatable bonds is 12. The van der Waals surface area contributed by atoms with Crippen molar-refractivity contribution in [1.82, 2.24) is 5.43 Å². The van der Waals surface area contributed by atoms with Gasteiger partial charge in [-0.05, 0) is 19.3 Å². The normalized spacial score (nSPS) is 11.0. The van der Waals surface area contributed by atoms with Crippen LogP contribution in [0.5, 0.6) is 0 Å². The average Bonchev–Trinajstić information content (AvgIpc) is 2.37.